The monoisotopic (exact) mass is 215 g/mol. The summed E-state index contributed by atoms with van der Waals surface area (Å²) >= 11 is 0. The molecule has 1 aromatic rings. The summed E-state index contributed by atoms with van der Waals surface area (Å²) in [7, 11) is 0. The quantitative estimate of drug-likeness (QED) is 0.760. The van der Waals surface area contributed by atoms with Gasteiger partial charge in [-0.05, 0) is 32.4 Å². The maximum atomic E-state index is 13.4. The van der Waals surface area contributed by atoms with Crippen LogP contribution in [-0.4, -0.2) is 6.54 Å². The fourth-order valence-corrected chi connectivity index (χ4v) is 2.03. The summed E-state index contributed by atoms with van der Waals surface area (Å²) in [4.78, 5) is 0. The van der Waals surface area contributed by atoms with Crippen molar-refractivity contribution in [1.82, 2.24) is 5.32 Å². The predicted molar refractivity (Wildman–Crippen MR) is 58.2 cm³/mol. The maximum Gasteiger partial charge on any atom is 0.128 e. The van der Waals surface area contributed by atoms with Crippen LogP contribution in [0.5, 0.6) is 0 Å². The zero-order valence-corrected chi connectivity index (χ0v) is 9.03. The number of rotatable bonds is 1. The molecule has 0 bridgehead atoms. The Kier molecular flexibility index (Phi) is 3.51. The van der Waals surface area contributed by atoms with Gasteiger partial charge in [-0.25, -0.2) is 4.39 Å². The van der Waals surface area contributed by atoms with Crippen molar-refractivity contribution >= 4 is 12.4 Å². The van der Waals surface area contributed by atoms with E-state index >= 15 is 0 Å². The molecule has 0 amide bonds. The maximum absolute atomic E-state index is 13.4. The fraction of sp³-hybridized carbons (Fsp3) is 0.455. The molecule has 0 aliphatic carbocycles. The lowest BCUT2D eigenvalue weighted by Crippen LogP contribution is -2.34. The average molecular weight is 216 g/mol. The van der Waals surface area contributed by atoms with E-state index in [1.807, 2.05) is 12.1 Å². The number of halogens is 2. The van der Waals surface area contributed by atoms with Crippen LogP contribution in [0.3, 0.4) is 0 Å². The molecule has 0 spiro atoms. The van der Waals surface area contributed by atoms with E-state index in [9.17, 15) is 4.39 Å². The Balaban J connectivity index is 0.000000980. The second-order valence-electron chi connectivity index (χ2n) is 3.84. The molecule has 1 saturated heterocycles. The molecule has 1 aromatic carbocycles. The SMILES string of the molecule is CC1(c2ccccc2F)CCCN1.Cl. The molecular weight excluding hydrogens is 201 g/mol. The molecule has 1 nitrogen and oxygen atoms in total. The van der Waals surface area contributed by atoms with Crippen molar-refractivity contribution in [3.63, 3.8) is 0 Å². The molecule has 78 valence electrons. The summed E-state index contributed by atoms with van der Waals surface area (Å²) in [6, 6.07) is 7.02. The highest BCUT2D eigenvalue weighted by atomic mass is 35.5. The standard InChI is InChI=1S/C11H14FN.ClH/c1-11(7-4-8-13-11)9-5-2-3-6-10(9)12;/h2-3,5-6,13H,4,7-8H2,1H3;1H. The van der Waals surface area contributed by atoms with E-state index in [1.54, 1.807) is 6.07 Å². The Morgan fingerprint density at radius 3 is 2.64 bits per heavy atom. The molecule has 2 rings (SSSR count). The van der Waals surface area contributed by atoms with Gasteiger partial charge in [0.2, 0.25) is 0 Å². The molecule has 1 N–H and O–H groups in total. The molecule has 1 heterocycles. The molecule has 1 fully saturated rings. The van der Waals surface area contributed by atoms with Gasteiger partial charge in [0, 0.05) is 11.1 Å². The Morgan fingerprint density at radius 1 is 1.36 bits per heavy atom. The summed E-state index contributed by atoms with van der Waals surface area (Å²) in [5, 5.41) is 3.35. The minimum Gasteiger partial charge on any atom is -0.308 e. The highest BCUT2D eigenvalue weighted by Crippen LogP contribution is 2.31. The van der Waals surface area contributed by atoms with Crippen LogP contribution in [0.25, 0.3) is 0 Å². The first kappa shape index (κ1) is 11.5. The molecule has 1 atom stereocenters. The van der Waals surface area contributed by atoms with Gasteiger partial charge in [-0.2, -0.15) is 0 Å². The molecule has 0 radical (unpaired) electrons. The minimum absolute atomic E-state index is 0. The van der Waals surface area contributed by atoms with E-state index in [1.165, 1.54) is 6.07 Å². The van der Waals surface area contributed by atoms with Gasteiger partial charge in [-0.1, -0.05) is 18.2 Å². The van der Waals surface area contributed by atoms with Gasteiger partial charge in [0.15, 0.2) is 0 Å². The lowest BCUT2D eigenvalue weighted by molar-refractivity contribution is 0.411. The van der Waals surface area contributed by atoms with Gasteiger partial charge >= 0.3 is 0 Å². The second kappa shape index (κ2) is 4.28. The van der Waals surface area contributed by atoms with E-state index in [0.717, 1.165) is 24.9 Å². The number of nitrogens with one attached hydrogen (secondary N) is 1. The predicted octanol–water partition coefficient (Wildman–Crippen LogP) is 2.85. The Bertz CT molecular complexity index is 308. The summed E-state index contributed by atoms with van der Waals surface area (Å²) in [5.74, 6) is -0.0978. The third-order valence-electron chi connectivity index (χ3n) is 2.84. The molecular formula is C11H15ClFN. The van der Waals surface area contributed by atoms with Crippen molar-refractivity contribution in [3.8, 4) is 0 Å². The lowest BCUT2D eigenvalue weighted by Gasteiger charge is -2.25. The smallest absolute Gasteiger partial charge is 0.128 e. The van der Waals surface area contributed by atoms with E-state index in [2.05, 4.69) is 12.2 Å². The van der Waals surface area contributed by atoms with E-state index in [0.29, 0.717) is 0 Å². The van der Waals surface area contributed by atoms with Crippen LogP contribution in [0.15, 0.2) is 24.3 Å². The van der Waals surface area contributed by atoms with Crippen molar-refractivity contribution in [2.24, 2.45) is 0 Å². The van der Waals surface area contributed by atoms with Crippen LogP contribution in [0.2, 0.25) is 0 Å². The lowest BCUT2D eigenvalue weighted by atomic mass is 9.90. The highest BCUT2D eigenvalue weighted by molar-refractivity contribution is 5.85. The van der Waals surface area contributed by atoms with Gasteiger partial charge in [0.05, 0.1) is 0 Å². The van der Waals surface area contributed by atoms with Crippen molar-refractivity contribution in [1.29, 1.82) is 0 Å². The Morgan fingerprint density at radius 2 is 2.07 bits per heavy atom. The second-order valence-corrected chi connectivity index (χ2v) is 3.84. The Hall–Kier alpha value is -0.600. The van der Waals surface area contributed by atoms with Crippen LogP contribution in [-0.2, 0) is 5.54 Å². The highest BCUT2D eigenvalue weighted by Gasteiger charge is 2.31. The molecule has 1 unspecified atom stereocenters. The van der Waals surface area contributed by atoms with E-state index in [4.69, 9.17) is 0 Å². The number of hydrogen-bond acceptors (Lipinski definition) is 1. The molecule has 0 aromatic heterocycles. The van der Waals surface area contributed by atoms with Gasteiger partial charge in [-0.15, -0.1) is 12.4 Å². The zero-order valence-electron chi connectivity index (χ0n) is 8.22. The van der Waals surface area contributed by atoms with E-state index < -0.39 is 0 Å². The van der Waals surface area contributed by atoms with Crippen molar-refractivity contribution in [2.45, 2.75) is 25.3 Å². The van der Waals surface area contributed by atoms with Crippen LogP contribution < -0.4 is 5.32 Å². The van der Waals surface area contributed by atoms with Crippen LogP contribution in [0, 0.1) is 5.82 Å². The summed E-state index contributed by atoms with van der Waals surface area (Å²) < 4.78 is 13.4. The third kappa shape index (κ3) is 1.91. The van der Waals surface area contributed by atoms with Gasteiger partial charge < -0.3 is 5.32 Å². The summed E-state index contributed by atoms with van der Waals surface area (Å²) in [6.07, 6.45) is 2.15. The first-order chi connectivity index (χ1) is 6.22. The molecule has 1 aliphatic heterocycles. The van der Waals surface area contributed by atoms with E-state index in [-0.39, 0.29) is 23.8 Å². The summed E-state index contributed by atoms with van der Waals surface area (Å²) in [5.41, 5.74) is 0.651. The third-order valence-corrected chi connectivity index (χ3v) is 2.84. The Labute approximate surface area is 90.1 Å². The van der Waals surface area contributed by atoms with Crippen LogP contribution >= 0.6 is 12.4 Å². The molecule has 0 saturated carbocycles. The summed E-state index contributed by atoms with van der Waals surface area (Å²) in [6.45, 7) is 3.06. The average Bonchev–Trinajstić information content (AvgIpc) is 2.54. The first-order valence-electron chi connectivity index (χ1n) is 4.72. The number of hydrogen-bond donors (Lipinski definition) is 1. The van der Waals surface area contributed by atoms with Crippen molar-refractivity contribution in [2.75, 3.05) is 6.54 Å². The van der Waals surface area contributed by atoms with Gasteiger partial charge in [0.25, 0.3) is 0 Å². The topological polar surface area (TPSA) is 12.0 Å². The van der Waals surface area contributed by atoms with Gasteiger partial charge in [-0.3, -0.25) is 0 Å². The van der Waals surface area contributed by atoms with Crippen molar-refractivity contribution < 1.29 is 4.39 Å². The molecule has 3 heteroatoms. The first-order valence-corrected chi connectivity index (χ1v) is 4.72. The van der Waals surface area contributed by atoms with Gasteiger partial charge in [0.1, 0.15) is 5.82 Å². The number of benzene rings is 1. The minimum atomic E-state index is -0.147. The van der Waals surface area contributed by atoms with Crippen molar-refractivity contribution in [3.05, 3.63) is 35.6 Å². The zero-order chi connectivity index (χ0) is 9.31. The fourth-order valence-electron chi connectivity index (χ4n) is 2.03. The molecule has 1 aliphatic rings. The van der Waals surface area contributed by atoms with Crippen LogP contribution in [0.4, 0.5) is 4.39 Å². The largest absolute Gasteiger partial charge is 0.308 e. The molecule has 14 heavy (non-hydrogen) atoms. The normalized spacial score (nSPS) is 25.9. The van der Waals surface area contributed by atoms with Crippen LogP contribution in [0.1, 0.15) is 25.3 Å².